The SMILES string of the molecule is CCCN=C(NC#N)NCCOc1cc(N2CCOCC2)cc(NN=Cc2cccc(C)c2)n1. The van der Waals surface area contributed by atoms with Gasteiger partial charge in [0, 0.05) is 37.5 Å². The molecule has 1 aliphatic rings. The Labute approximate surface area is 200 Å². The van der Waals surface area contributed by atoms with Crippen LogP contribution in [0.3, 0.4) is 0 Å². The molecule has 1 aromatic heterocycles. The molecule has 0 unspecified atom stereocenters. The number of guanidine groups is 1. The normalized spacial score (nSPS) is 14.0. The van der Waals surface area contributed by atoms with Crippen LogP contribution in [-0.4, -0.2) is 63.2 Å². The first-order valence-corrected chi connectivity index (χ1v) is 11.4. The fraction of sp³-hybridized carbons (Fsp3) is 0.417. The quantitative estimate of drug-likeness (QED) is 0.123. The molecule has 3 rings (SSSR count). The van der Waals surface area contributed by atoms with Crippen LogP contribution in [0.1, 0.15) is 24.5 Å². The summed E-state index contributed by atoms with van der Waals surface area (Å²) < 4.78 is 11.4. The predicted octanol–water partition coefficient (Wildman–Crippen LogP) is 2.48. The number of hydrogen-bond donors (Lipinski definition) is 3. The Morgan fingerprint density at radius 1 is 1.29 bits per heavy atom. The maximum absolute atomic E-state index is 8.86. The summed E-state index contributed by atoms with van der Waals surface area (Å²) in [7, 11) is 0. The number of morpholine rings is 1. The average molecular weight is 465 g/mol. The molecule has 2 aromatic rings. The number of nitrogens with zero attached hydrogens (tertiary/aromatic N) is 5. The molecule has 1 fully saturated rings. The lowest BCUT2D eigenvalue weighted by atomic mass is 10.2. The number of hydrazone groups is 1. The van der Waals surface area contributed by atoms with Crippen LogP contribution in [0.15, 0.2) is 46.5 Å². The zero-order valence-electron chi connectivity index (χ0n) is 19.8. The van der Waals surface area contributed by atoms with Crippen LogP contribution in [0.5, 0.6) is 5.88 Å². The molecular weight excluding hydrogens is 432 g/mol. The molecule has 3 N–H and O–H groups in total. The van der Waals surface area contributed by atoms with Gasteiger partial charge >= 0.3 is 0 Å². The summed E-state index contributed by atoms with van der Waals surface area (Å²) in [5.74, 6) is 1.52. The second-order valence-electron chi connectivity index (χ2n) is 7.67. The molecule has 10 nitrogen and oxygen atoms in total. The third-order valence-corrected chi connectivity index (χ3v) is 4.91. The number of aliphatic imine (C=N–C) groups is 1. The minimum atomic E-state index is 0.351. The second kappa shape index (κ2) is 13.6. The molecule has 2 heterocycles. The number of nitrogens with one attached hydrogen (secondary N) is 3. The van der Waals surface area contributed by atoms with Crippen molar-refractivity contribution in [3.8, 4) is 12.1 Å². The van der Waals surface area contributed by atoms with Gasteiger partial charge in [-0.2, -0.15) is 15.3 Å². The summed E-state index contributed by atoms with van der Waals surface area (Å²) in [6, 6.07) is 12.0. The van der Waals surface area contributed by atoms with Gasteiger partial charge in [-0.05, 0) is 18.9 Å². The number of hydrogen-bond acceptors (Lipinski definition) is 8. The molecule has 34 heavy (non-hydrogen) atoms. The molecule has 10 heteroatoms. The van der Waals surface area contributed by atoms with Crippen molar-refractivity contribution in [1.29, 1.82) is 5.26 Å². The van der Waals surface area contributed by atoms with E-state index in [2.05, 4.69) is 42.1 Å². The molecule has 0 radical (unpaired) electrons. The van der Waals surface area contributed by atoms with Gasteiger partial charge in [0.05, 0.1) is 26.0 Å². The van der Waals surface area contributed by atoms with Gasteiger partial charge in [-0.3, -0.25) is 15.7 Å². The lowest BCUT2D eigenvalue weighted by Crippen LogP contribution is -2.37. The Hall–Kier alpha value is -3.84. The van der Waals surface area contributed by atoms with Crippen LogP contribution in [0.4, 0.5) is 11.5 Å². The van der Waals surface area contributed by atoms with Gasteiger partial charge in [-0.25, -0.2) is 0 Å². The number of anilines is 2. The van der Waals surface area contributed by atoms with Gasteiger partial charge < -0.3 is 19.7 Å². The van der Waals surface area contributed by atoms with E-state index in [-0.39, 0.29) is 0 Å². The largest absolute Gasteiger partial charge is 0.476 e. The first kappa shape index (κ1) is 24.8. The van der Waals surface area contributed by atoms with E-state index in [0.29, 0.717) is 50.6 Å². The maximum Gasteiger partial charge on any atom is 0.217 e. The Kier molecular flexibility index (Phi) is 9.95. The summed E-state index contributed by atoms with van der Waals surface area (Å²) in [6.07, 6.45) is 4.55. The second-order valence-corrected chi connectivity index (χ2v) is 7.67. The topological polar surface area (TPSA) is 119 Å². The van der Waals surface area contributed by atoms with E-state index in [1.54, 1.807) is 6.21 Å². The van der Waals surface area contributed by atoms with Crippen molar-refractivity contribution >= 4 is 23.7 Å². The molecule has 0 aliphatic carbocycles. The van der Waals surface area contributed by atoms with Gasteiger partial charge in [0.25, 0.3) is 0 Å². The highest BCUT2D eigenvalue weighted by Crippen LogP contribution is 2.24. The highest BCUT2D eigenvalue weighted by atomic mass is 16.5. The molecule has 1 aliphatic heterocycles. The van der Waals surface area contributed by atoms with Gasteiger partial charge in [0.1, 0.15) is 6.61 Å². The van der Waals surface area contributed by atoms with Crippen LogP contribution in [0.25, 0.3) is 0 Å². The van der Waals surface area contributed by atoms with E-state index in [0.717, 1.165) is 30.8 Å². The highest BCUT2D eigenvalue weighted by Gasteiger charge is 2.14. The van der Waals surface area contributed by atoms with Gasteiger partial charge in [0.15, 0.2) is 12.0 Å². The standard InChI is InChI=1S/C24H32N8O2/c1-3-7-26-24(28-18-25)27-8-11-34-23-16-21(32-9-12-33-13-10-32)15-22(30-23)31-29-17-20-6-4-5-19(2)14-20/h4-6,14-17H,3,7-13H2,1-2H3,(H,30,31)(H2,26,27,28). The van der Waals surface area contributed by atoms with Crippen molar-refractivity contribution in [2.75, 3.05) is 56.3 Å². The van der Waals surface area contributed by atoms with Crippen molar-refractivity contribution in [2.24, 2.45) is 10.1 Å². The maximum atomic E-state index is 8.86. The minimum absolute atomic E-state index is 0.351. The minimum Gasteiger partial charge on any atom is -0.476 e. The van der Waals surface area contributed by atoms with Crippen LogP contribution in [-0.2, 0) is 4.74 Å². The van der Waals surface area contributed by atoms with Crippen molar-refractivity contribution in [1.82, 2.24) is 15.6 Å². The molecule has 0 saturated carbocycles. The lowest BCUT2D eigenvalue weighted by Gasteiger charge is -2.29. The monoisotopic (exact) mass is 464 g/mol. The fourth-order valence-corrected chi connectivity index (χ4v) is 3.29. The third kappa shape index (κ3) is 8.26. The Morgan fingerprint density at radius 3 is 2.91 bits per heavy atom. The first-order chi connectivity index (χ1) is 16.7. The van der Waals surface area contributed by atoms with Gasteiger partial charge in [0.2, 0.25) is 11.8 Å². The van der Waals surface area contributed by atoms with E-state index in [1.165, 1.54) is 5.56 Å². The number of ether oxygens (including phenoxy) is 2. The van der Waals surface area contributed by atoms with Gasteiger partial charge in [-0.1, -0.05) is 36.8 Å². The third-order valence-electron chi connectivity index (χ3n) is 4.91. The van der Waals surface area contributed by atoms with Crippen LogP contribution in [0.2, 0.25) is 0 Å². The molecule has 180 valence electrons. The first-order valence-electron chi connectivity index (χ1n) is 11.4. The Morgan fingerprint density at radius 2 is 2.15 bits per heavy atom. The average Bonchev–Trinajstić information content (AvgIpc) is 2.85. The van der Waals surface area contributed by atoms with Crippen molar-refractivity contribution in [3.05, 3.63) is 47.5 Å². The fourth-order valence-electron chi connectivity index (χ4n) is 3.29. The summed E-state index contributed by atoms with van der Waals surface area (Å²) in [5, 5.41) is 18.8. The number of aryl methyl sites for hydroxylation is 1. The zero-order valence-corrected chi connectivity index (χ0v) is 19.8. The van der Waals surface area contributed by atoms with Crippen LogP contribution >= 0.6 is 0 Å². The molecule has 0 amide bonds. The predicted molar refractivity (Wildman–Crippen MR) is 135 cm³/mol. The van der Waals surface area contributed by atoms with Crippen LogP contribution in [0, 0.1) is 18.4 Å². The summed E-state index contributed by atoms with van der Waals surface area (Å²) in [4.78, 5) is 11.1. The Balaban J connectivity index is 1.65. The smallest absolute Gasteiger partial charge is 0.217 e. The number of rotatable bonds is 10. The molecule has 0 spiro atoms. The van der Waals surface area contributed by atoms with Crippen molar-refractivity contribution in [2.45, 2.75) is 20.3 Å². The summed E-state index contributed by atoms with van der Waals surface area (Å²) >= 11 is 0. The number of benzene rings is 1. The van der Waals surface area contributed by atoms with Gasteiger partial charge in [-0.15, -0.1) is 0 Å². The molecule has 0 bridgehead atoms. The summed E-state index contributed by atoms with van der Waals surface area (Å²) in [6.45, 7) is 8.50. The highest BCUT2D eigenvalue weighted by molar-refractivity contribution is 5.81. The van der Waals surface area contributed by atoms with Crippen molar-refractivity contribution < 1.29 is 9.47 Å². The van der Waals surface area contributed by atoms with E-state index >= 15 is 0 Å². The molecule has 1 aromatic carbocycles. The van der Waals surface area contributed by atoms with Crippen molar-refractivity contribution in [3.63, 3.8) is 0 Å². The lowest BCUT2D eigenvalue weighted by molar-refractivity contribution is 0.122. The number of pyridine rings is 1. The summed E-state index contributed by atoms with van der Waals surface area (Å²) in [5.41, 5.74) is 6.19. The molecule has 0 atom stereocenters. The number of aromatic nitrogens is 1. The Bertz CT molecular complexity index is 1010. The molecule has 1 saturated heterocycles. The zero-order chi connectivity index (χ0) is 24.0. The van der Waals surface area contributed by atoms with E-state index < -0.39 is 0 Å². The van der Waals surface area contributed by atoms with E-state index in [1.807, 2.05) is 50.4 Å². The van der Waals surface area contributed by atoms with Crippen LogP contribution < -0.4 is 25.7 Å². The van der Waals surface area contributed by atoms with E-state index in [9.17, 15) is 0 Å². The van der Waals surface area contributed by atoms with E-state index in [4.69, 9.17) is 14.7 Å². The number of nitriles is 1. The molecular formula is C24H32N8O2.